The summed E-state index contributed by atoms with van der Waals surface area (Å²) in [7, 11) is -3.16. The Labute approximate surface area is 107 Å². The van der Waals surface area contributed by atoms with Crippen molar-refractivity contribution in [1.29, 1.82) is 0 Å². The third kappa shape index (κ3) is 4.50. The van der Waals surface area contributed by atoms with E-state index in [0.29, 0.717) is 5.33 Å². The fraction of sp³-hybridized carbons (Fsp3) is 0.889. The predicted octanol–water partition coefficient (Wildman–Crippen LogP) is 0.910. The highest BCUT2D eigenvalue weighted by Gasteiger charge is 2.35. The number of rotatable bonds is 5. The summed E-state index contributed by atoms with van der Waals surface area (Å²) in [6.07, 6.45) is -2.36. The standard InChI is InChI=1S/C9H14BrF2NO3S/c10-2-3-13(5-8(11)12)9(14)7-1-4-17(15,16)6-7/h7-8H,1-6H2. The average molecular weight is 334 g/mol. The van der Waals surface area contributed by atoms with Gasteiger partial charge in [0.05, 0.1) is 24.0 Å². The van der Waals surface area contributed by atoms with Crippen LogP contribution in [0.3, 0.4) is 0 Å². The first-order chi connectivity index (χ1) is 7.85. The summed E-state index contributed by atoms with van der Waals surface area (Å²) in [4.78, 5) is 12.9. The van der Waals surface area contributed by atoms with Crippen molar-refractivity contribution in [3.05, 3.63) is 0 Å². The van der Waals surface area contributed by atoms with Crippen LogP contribution in [-0.4, -0.2) is 55.6 Å². The van der Waals surface area contributed by atoms with Crippen LogP contribution >= 0.6 is 15.9 Å². The molecule has 8 heteroatoms. The topological polar surface area (TPSA) is 54.5 Å². The van der Waals surface area contributed by atoms with Crippen molar-refractivity contribution in [2.75, 3.05) is 29.9 Å². The van der Waals surface area contributed by atoms with Crippen molar-refractivity contribution in [2.45, 2.75) is 12.8 Å². The number of carbonyl (C=O) groups excluding carboxylic acids is 1. The molecule has 0 aromatic carbocycles. The van der Waals surface area contributed by atoms with Gasteiger partial charge in [0, 0.05) is 11.9 Å². The molecule has 0 aromatic rings. The lowest BCUT2D eigenvalue weighted by Gasteiger charge is -2.23. The number of alkyl halides is 3. The number of hydrogen-bond acceptors (Lipinski definition) is 3. The maximum absolute atomic E-state index is 12.3. The van der Waals surface area contributed by atoms with Gasteiger partial charge in [0.1, 0.15) is 0 Å². The molecular formula is C9H14BrF2NO3S. The molecule has 1 unspecified atom stereocenters. The van der Waals surface area contributed by atoms with Gasteiger partial charge in [-0.1, -0.05) is 15.9 Å². The number of sulfone groups is 1. The number of nitrogens with zero attached hydrogens (tertiary/aromatic N) is 1. The summed E-state index contributed by atoms with van der Waals surface area (Å²) in [6.45, 7) is -0.472. The van der Waals surface area contributed by atoms with Crippen molar-refractivity contribution < 1.29 is 22.0 Å². The van der Waals surface area contributed by atoms with Gasteiger partial charge in [-0.3, -0.25) is 4.79 Å². The van der Waals surface area contributed by atoms with Gasteiger partial charge in [0.25, 0.3) is 6.43 Å². The number of amides is 1. The Bertz CT molecular complexity index is 374. The van der Waals surface area contributed by atoms with E-state index in [4.69, 9.17) is 0 Å². The van der Waals surface area contributed by atoms with E-state index in [1.807, 2.05) is 0 Å². The Kier molecular flexibility index (Phi) is 5.30. The van der Waals surface area contributed by atoms with E-state index in [-0.39, 0.29) is 24.5 Å². The lowest BCUT2D eigenvalue weighted by molar-refractivity contribution is -0.136. The van der Waals surface area contributed by atoms with Crippen LogP contribution in [0.2, 0.25) is 0 Å². The van der Waals surface area contributed by atoms with Gasteiger partial charge in [-0.25, -0.2) is 17.2 Å². The summed E-state index contributed by atoms with van der Waals surface area (Å²) in [5, 5.41) is 0.394. The van der Waals surface area contributed by atoms with Gasteiger partial charge in [0.2, 0.25) is 5.91 Å². The molecule has 1 aliphatic heterocycles. The molecule has 1 fully saturated rings. The van der Waals surface area contributed by atoms with E-state index < -0.39 is 34.6 Å². The molecule has 1 rings (SSSR count). The van der Waals surface area contributed by atoms with Crippen molar-refractivity contribution in [1.82, 2.24) is 4.90 Å². The van der Waals surface area contributed by atoms with E-state index in [1.54, 1.807) is 0 Å². The number of halogens is 3. The maximum atomic E-state index is 12.3. The third-order valence-corrected chi connectivity index (χ3v) is 4.73. The van der Waals surface area contributed by atoms with Gasteiger partial charge in [-0.2, -0.15) is 0 Å². The lowest BCUT2D eigenvalue weighted by Crippen LogP contribution is -2.40. The second-order valence-electron chi connectivity index (χ2n) is 3.96. The molecule has 0 aliphatic carbocycles. The van der Waals surface area contributed by atoms with E-state index >= 15 is 0 Å². The van der Waals surface area contributed by atoms with E-state index in [2.05, 4.69) is 15.9 Å². The largest absolute Gasteiger partial charge is 0.336 e. The van der Waals surface area contributed by atoms with Crippen LogP contribution in [0.4, 0.5) is 8.78 Å². The molecule has 1 heterocycles. The zero-order chi connectivity index (χ0) is 13.1. The molecule has 0 bridgehead atoms. The molecule has 1 aliphatic rings. The summed E-state index contributed by atoms with van der Waals surface area (Å²) in [5.41, 5.74) is 0. The second-order valence-corrected chi connectivity index (χ2v) is 6.99. The Hall–Kier alpha value is -0.240. The van der Waals surface area contributed by atoms with E-state index in [1.165, 1.54) is 0 Å². The summed E-state index contributed by atoms with van der Waals surface area (Å²) < 4.78 is 47.0. The number of hydrogen-bond donors (Lipinski definition) is 0. The third-order valence-electron chi connectivity index (χ3n) is 2.61. The normalized spacial score (nSPS) is 22.9. The Morgan fingerprint density at radius 2 is 2.12 bits per heavy atom. The highest BCUT2D eigenvalue weighted by atomic mass is 79.9. The van der Waals surface area contributed by atoms with Crippen LogP contribution in [0.1, 0.15) is 6.42 Å². The van der Waals surface area contributed by atoms with Gasteiger partial charge >= 0.3 is 0 Å². The second kappa shape index (κ2) is 6.08. The zero-order valence-electron chi connectivity index (χ0n) is 9.11. The summed E-state index contributed by atoms with van der Waals surface area (Å²) in [6, 6.07) is 0. The van der Waals surface area contributed by atoms with Crippen molar-refractivity contribution >= 4 is 31.7 Å². The van der Waals surface area contributed by atoms with Gasteiger partial charge in [-0.15, -0.1) is 0 Å². The molecule has 17 heavy (non-hydrogen) atoms. The predicted molar refractivity (Wildman–Crippen MR) is 63.1 cm³/mol. The molecule has 0 N–H and O–H groups in total. The average Bonchev–Trinajstić information content (AvgIpc) is 2.56. The van der Waals surface area contributed by atoms with Gasteiger partial charge < -0.3 is 4.90 Å². The summed E-state index contributed by atoms with van der Waals surface area (Å²) in [5.74, 6) is -1.38. The van der Waals surface area contributed by atoms with Crippen molar-refractivity contribution in [3.63, 3.8) is 0 Å². The molecule has 1 amide bonds. The van der Waals surface area contributed by atoms with Gasteiger partial charge in [0.15, 0.2) is 9.84 Å². The van der Waals surface area contributed by atoms with E-state index in [9.17, 15) is 22.0 Å². The molecule has 4 nitrogen and oxygen atoms in total. The molecule has 1 atom stereocenters. The molecule has 0 saturated carbocycles. The minimum absolute atomic E-state index is 0.0275. The fourth-order valence-electron chi connectivity index (χ4n) is 1.81. The van der Waals surface area contributed by atoms with Crippen molar-refractivity contribution in [2.24, 2.45) is 5.92 Å². The van der Waals surface area contributed by atoms with Crippen LogP contribution < -0.4 is 0 Å². The molecule has 0 spiro atoms. The van der Waals surface area contributed by atoms with Crippen LogP contribution in [0, 0.1) is 5.92 Å². The van der Waals surface area contributed by atoms with Crippen LogP contribution in [-0.2, 0) is 14.6 Å². The monoisotopic (exact) mass is 333 g/mol. The Morgan fingerprint density at radius 1 is 1.47 bits per heavy atom. The molecule has 100 valence electrons. The molecule has 0 radical (unpaired) electrons. The highest BCUT2D eigenvalue weighted by molar-refractivity contribution is 9.09. The van der Waals surface area contributed by atoms with Crippen LogP contribution in [0.15, 0.2) is 0 Å². The SMILES string of the molecule is O=C(C1CCS(=O)(=O)C1)N(CCBr)CC(F)F. The first-order valence-electron chi connectivity index (χ1n) is 5.19. The molecular weight excluding hydrogens is 320 g/mol. The minimum Gasteiger partial charge on any atom is -0.336 e. The van der Waals surface area contributed by atoms with Crippen molar-refractivity contribution in [3.8, 4) is 0 Å². The first kappa shape index (κ1) is 14.8. The summed E-state index contributed by atoms with van der Waals surface area (Å²) >= 11 is 3.08. The quantitative estimate of drug-likeness (QED) is 0.703. The molecule has 0 aromatic heterocycles. The molecule has 1 saturated heterocycles. The van der Waals surface area contributed by atoms with E-state index in [0.717, 1.165) is 4.90 Å². The maximum Gasteiger partial charge on any atom is 0.255 e. The van der Waals surface area contributed by atoms with Crippen LogP contribution in [0.25, 0.3) is 0 Å². The Balaban J connectivity index is 2.65. The van der Waals surface area contributed by atoms with Gasteiger partial charge in [-0.05, 0) is 6.42 Å². The van der Waals surface area contributed by atoms with Crippen LogP contribution in [0.5, 0.6) is 0 Å². The number of carbonyl (C=O) groups is 1. The minimum atomic E-state index is -3.16. The first-order valence-corrected chi connectivity index (χ1v) is 8.13. The Morgan fingerprint density at radius 3 is 2.53 bits per heavy atom. The zero-order valence-corrected chi connectivity index (χ0v) is 11.5. The fourth-order valence-corrected chi connectivity index (χ4v) is 3.97. The lowest BCUT2D eigenvalue weighted by atomic mass is 10.1. The highest BCUT2D eigenvalue weighted by Crippen LogP contribution is 2.21. The smallest absolute Gasteiger partial charge is 0.255 e.